The molecule has 9 nitrogen and oxygen atoms in total. The summed E-state index contributed by atoms with van der Waals surface area (Å²) in [4.78, 5) is 49.0. The van der Waals surface area contributed by atoms with Gasteiger partial charge >= 0.3 is 0 Å². The largest absolute Gasteiger partial charge is 0.467 e. The number of H-pyrrole nitrogens is 1. The van der Waals surface area contributed by atoms with Gasteiger partial charge in [0, 0.05) is 7.05 Å². The summed E-state index contributed by atoms with van der Waals surface area (Å²) in [6.07, 6.45) is 1.55. The van der Waals surface area contributed by atoms with Gasteiger partial charge in [0.25, 0.3) is 11.5 Å². The molecule has 2 aromatic carbocycles. The Morgan fingerprint density at radius 3 is 2.60 bits per heavy atom. The average Bonchev–Trinajstić information content (AvgIpc) is 3.40. The van der Waals surface area contributed by atoms with Crippen molar-refractivity contribution in [3.05, 3.63) is 94.4 Å². The molecule has 0 aliphatic rings. The molecule has 0 saturated heterocycles. The number of carbonyl (C=O) groups excluding carboxylic acids is 2. The number of aromatic nitrogens is 2. The minimum atomic E-state index is -0.304. The van der Waals surface area contributed by atoms with Gasteiger partial charge in [0.2, 0.25) is 5.91 Å². The molecule has 2 amide bonds. The van der Waals surface area contributed by atoms with Crippen LogP contribution in [-0.4, -0.2) is 46.8 Å². The van der Waals surface area contributed by atoms with Gasteiger partial charge < -0.3 is 19.6 Å². The summed E-state index contributed by atoms with van der Waals surface area (Å²) in [6.45, 7) is 3.15. The van der Waals surface area contributed by atoms with Crippen LogP contribution in [0.4, 0.5) is 5.69 Å². The maximum atomic E-state index is 13.1. The van der Waals surface area contributed by atoms with E-state index in [1.807, 2.05) is 17.9 Å². The molecule has 0 unspecified atom stereocenters. The van der Waals surface area contributed by atoms with Crippen molar-refractivity contribution >= 4 is 28.4 Å². The van der Waals surface area contributed by atoms with Gasteiger partial charge in [-0.25, -0.2) is 4.98 Å². The number of furan rings is 1. The van der Waals surface area contributed by atoms with Crippen LogP contribution in [0.1, 0.15) is 28.9 Å². The smallest absolute Gasteiger partial charge is 0.258 e. The van der Waals surface area contributed by atoms with Gasteiger partial charge in [-0.3, -0.25) is 19.3 Å². The van der Waals surface area contributed by atoms with E-state index in [1.54, 1.807) is 67.9 Å². The number of likely N-dealkylation sites (N-methyl/N-ethyl adjacent to an activating group) is 2. The van der Waals surface area contributed by atoms with Gasteiger partial charge in [-0.1, -0.05) is 31.2 Å². The van der Waals surface area contributed by atoms with E-state index in [-0.39, 0.29) is 30.5 Å². The highest BCUT2D eigenvalue weighted by molar-refractivity contribution is 6.05. The number of hydrogen-bond donors (Lipinski definition) is 2. The molecule has 0 saturated carbocycles. The van der Waals surface area contributed by atoms with Crippen LogP contribution in [0.15, 0.2) is 76.1 Å². The van der Waals surface area contributed by atoms with E-state index < -0.39 is 0 Å². The molecule has 0 fully saturated rings. The summed E-state index contributed by atoms with van der Waals surface area (Å²) in [5, 5.41) is 3.34. The first kappa shape index (κ1) is 23.9. The predicted octanol–water partition coefficient (Wildman–Crippen LogP) is 2.93. The Balaban J connectivity index is 1.45. The van der Waals surface area contributed by atoms with E-state index in [9.17, 15) is 14.4 Å². The number of amides is 2. The lowest BCUT2D eigenvalue weighted by molar-refractivity contribution is -0.119. The lowest BCUT2D eigenvalue weighted by Crippen LogP contribution is -2.39. The minimum Gasteiger partial charge on any atom is -0.467 e. The molecule has 0 bridgehead atoms. The summed E-state index contributed by atoms with van der Waals surface area (Å²) >= 11 is 0. The van der Waals surface area contributed by atoms with E-state index in [4.69, 9.17) is 4.42 Å². The van der Waals surface area contributed by atoms with Crippen molar-refractivity contribution < 1.29 is 14.0 Å². The Morgan fingerprint density at radius 2 is 1.83 bits per heavy atom. The van der Waals surface area contributed by atoms with Crippen LogP contribution < -0.4 is 15.8 Å². The maximum absolute atomic E-state index is 13.1. The number of para-hydroxylation sites is 2. The summed E-state index contributed by atoms with van der Waals surface area (Å²) in [7, 11) is 1.64. The first-order valence-corrected chi connectivity index (χ1v) is 11.3. The summed E-state index contributed by atoms with van der Waals surface area (Å²) in [5.41, 5.74) is 1.29. The second kappa shape index (κ2) is 10.8. The summed E-state index contributed by atoms with van der Waals surface area (Å²) in [6, 6.07) is 17.6. The fourth-order valence-corrected chi connectivity index (χ4v) is 3.77. The first-order chi connectivity index (χ1) is 17.0. The van der Waals surface area contributed by atoms with E-state index in [1.165, 1.54) is 4.90 Å². The number of fused-ring (bicyclic) bond motifs is 1. The molecule has 0 aliphatic heterocycles. The van der Waals surface area contributed by atoms with Crippen LogP contribution in [0.3, 0.4) is 0 Å². The second-order valence-electron chi connectivity index (χ2n) is 8.06. The fraction of sp³-hybridized carbons (Fsp3) is 0.231. The molecule has 0 spiro atoms. The van der Waals surface area contributed by atoms with E-state index in [2.05, 4.69) is 15.3 Å². The van der Waals surface area contributed by atoms with Crippen LogP contribution in [-0.2, 0) is 17.9 Å². The summed E-state index contributed by atoms with van der Waals surface area (Å²) < 4.78 is 5.26. The van der Waals surface area contributed by atoms with Crippen molar-refractivity contribution in [1.82, 2.24) is 20.2 Å². The highest BCUT2D eigenvalue weighted by Gasteiger charge is 2.21. The Bertz CT molecular complexity index is 1380. The van der Waals surface area contributed by atoms with Crippen molar-refractivity contribution in [3.8, 4) is 0 Å². The zero-order valence-corrected chi connectivity index (χ0v) is 19.7. The van der Waals surface area contributed by atoms with Gasteiger partial charge in [0.05, 0.1) is 48.1 Å². The molecular weight excluding hydrogens is 446 g/mol. The summed E-state index contributed by atoms with van der Waals surface area (Å²) in [5.74, 6) is 0.631. The number of benzene rings is 2. The van der Waals surface area contributed by atoms with Crippen LogP contribution in [0, 0.1) is 0 Å². The number of rotatable bonds is 9. The number of hydrogen-bond acceptors (Lipinski definition) is 6. The molecule has 4 aromatic rings. The highest BCUT2D eigenvalue weighted by Crippen LogP contribution is 2.20. The molecule has 2 aromatic heterocycles. The Kier molecular flexibility index (Phi) is 7.37. The van der Waals surface area contributed by atoms with Crippen molar-refractivity contribution in [1.29, 1.82) is 0 Å². The third kappa shape index (κ3) is 5.64. The molecule has 0 atom stereocenters. The predicted molar refractivity (Wildman–Crippen MR) is 133 cm³/mol. The molecule has 4 rings (SSSR count). The average molecular weight is 474 g/mol. The van der Waals surface area contributed by atoms with Crippen LogP contribution in [0.5, 0.6) is 0 Å². The zero-order chi connectivity index (χ0) is 24.8. The Labute approximate surface area is 202 Å². The number of aromatic amines is 1. The Hall–Kier alpha value is -4.24. The standard InChI is InChI=1S/C26H27N5O4/c1-3-31(16-23-28-21-12-6-4-10-19(21)26(34)29-23)17-24(32)30(2)22-13-7-5-11-20(22)25(33)27-15-18-9-8-14-35-18/h4-14H,3,15-17H2,1-2H3,(H,27,33)(H,28,29,34). The lowest BCUT2D eigenvalue weighted by Gasteiger charge is -2.25. The number of nitrogens with one attached hydrogen (secondary N) is 2. The van der Waals surface area contributed by atoms with Crippen LogP contribution >= 0.6 is 0 Å². The van der Waals surface area contributed by atoms with Gasteiger partial charge in [-0.15, -0.1) is 0 Å². The SMILES string of the molecule is CCN(CC(=O)N(C)c1ccccc1C(=O)NCc1ccco1)Cc1nc2ccccc2c(=O)[nH]1. The molecule has 35 heavy (non-hydrogen) atoms. The van der Waals surface area contributed by atoms with Crippen molar-refractivity contribution in [3.63, 3.8) is 0 Å². The van der Waals surface area contributed by atoms with Gasteiger partial charge in [0.1, 0.15) is 11.6 Å². The topological polar surface area (TPSA) is 112 Å². The fourth-order valence-electron chi connectivity index (χ4n) is 3.77. The normalized spacial score (nSPS) is 11.1. The van der Waals surface area contributed by atoms with Crippen molar-refractivity contribution in [2.45, 2.75) is 20.0 Å². The third-order valence-corrected chi connectivity index (χ3v) is 5.73. The van der Waals surface area contributed by atoms with Crippen molar-refractivity contribution in [2.75, 3.05) is 25.0 Å². The van der Waals surface area contributed by atoms with Gasteiger partial charge in [-0.05, 0) is 42.9 Å². The van der Waals surface area contributed by atoms with E-state index in [0.717, 1.165) is 0 Å². The lowest BCUT2D eigenvalue weighted by atomic mass is 10.1. The van der Waals surface area contributed by atoms with Crippen LogP contribution in [0.2, 0.25) is 0 Å². The number of carbonyl (C=O) groups is 2. The maximum Gasteiger partial charge on any atom is 0.258 e. The molecule has 180 valence electrons. The molecule has 2 heterocycles. The zero-order valence-electron chi connectivity index (χ0n) is 19.7. The first-order valence-electron chi connectivity index (χ1n) is 11.3. The third-order valence-electron chi connectivity index (χ3n) is 5.73. The monoisotopic (exact) mass is 473 g/mol. The quantitative estimate of drug-likeness (QED) is 0.387. The van der Waals surface area contributed by atoms with Crippen molar-refractivity contribution in [2.24, 2.45) is 0 Å². The molecule has 9 heteroatoms. The minimum absolute atomic E-state index is 0.0892. The van der Waals surface area contributed by atoms with Crippen LogP contribution in [0.25, 0.3) is 10.9 Å². The second-order valence-corrected chi connectivity index (χ2v) is 8.06. The van der Waals surface area contributed by atoms with E-state index in [0.29, 0.717) is 46.8 Å². The van der Waals surface area contributed by atoms with E-state index >= 15 is 0 Å². The number of anilines is 1. The molecule has 0 radical (unpaired) electrons. The van der Waals surface area contributed by atoms with Gasteiger partial charge in [0.15, 0.2) is 0 Å². The van der Waals surface area contributed by atoms with Gasteiger partial charge in [-0.2, -0.15) is 0 Å². The Morgan fingerprint density at radius 1 is 1.06 bits per heavy atom. The molecular formula is C26H27N5O4. The number of nitrogens with zero attached hydrogens (tertiary/aromatic N) is 3. The molecule has 0 aliphatic carbocycles. The highest BCUT2D eigenvalue weighted by atomic mass is 16.3. The molecule has 2 N–H and O–H groups in total.